The molecule has 1 unspecified atom stereocenters. The van der Waals surface area contributed by atoms with E-state index in [2.05, 4.69) is 0 Å². The Bertz CT molecular complexity index is 648. The van der Waals surface area contributed by atoms with Crippen molar-refractivity contribution in [1.82, 2.24) is 0 Å². The molecule has 0 N–H and O–H groups in total. The van der Waals surface area contributed by atoms with Crippen LogP contribution in [0.2, 0.25) is 0 Å². The molecule has 2 nitrogen and oxygen atoms in total. The van der Waals surface area contributed by atoms with Gasteiger partial charge in [0.2, 0.25) is 5.78 Å². The molecule has 0 aromatic heterocycles. The Hall–Kier alpha value is -2.22. The Labute approximate surface area is 98.6 Å². The zero-order valence-corrected chi connectivity index (χ0v) is 9.09. The van der Waals surface area contributed by atoms with E-state index in [1.54, 1.807) is 6.08 Å². The van der Waals surface area contributed by atoms with E-state index in [-0.39, 0.29) is 5.78 Å². The Kier molecular flexibility index (Phi) is 2.15. The molecule has 1 aliphatic rings. The minimum atomic E-state index is -0.425. The lowest BCUT2D eigenvalue weighted by Crippen LogP contribution is -2.13. The van der Waals surface area contributed by atoms with Gasteiger partial charge in [-0.2, -0.15) is 0 Å². The van der Waals surface area contributed by atoms with Crippen LogP contribution in [-0.2, 0) is 9.59 Å². The van der Waals surface area contributed by atoms with Crippen molar-refractivity contribution < 1.29 is 9.59 Å². The van der Waals surface area contributed by atoms with Crippen LogP contribution in [0.1, 0.15) is 17.0 Å². The predicted molar refractivity (Wildman–Crippen MR) is 66.8 cm³/mol. The molecule has 2 aromatic rings. The maximum atomic E-state index is 11.6. The standard InChI is InChI=1S/C15H10O2/c16-9-14(17)12-8-7-11-4-1-3-10-5-2-6-13(12)15(10)11/h1-9,12H. The van der Waals surface area contributed by atoms with E-state index in [0.29, 0.717) is 6.29 Å². The number of carbonyl (C=O) groups excluding carboxylic acids is 2. The van der Waals surface area contributed by atoms with Crippen LogP contribution in [0.3, 0.4) is 0 Å². The number of Topliss-reactive ketones (excluding diaryl/α,β-unsaturated/α-hetero) is 1. The van der Waals surface area contributed by atoms with E-state index in [1.807, 2.05) is 42.5 Å². The number of allylic oxidation sites excluding steroid dienone is 1. The number of rotatable bonds is 2. The van der Waals surface area contributed by atoms with Gasteiger partial charge in [-0.15, -0.1) is 0 Å². The van der Waals surface area contributed by atoms with E-state index in [9.17, 15) is 9.59 Å². The van der Waals surface area contributed by atoms with Crippen LogP contribution in [0, 0.1) is 0 Å². The number of benzene rings is 2. The number of hydrogen-bond donors (Lipinski definition) is 0. The summed E-state index contributed by atoms with van der Waals surface area (Å²) in [5.74, 6) is -0.811. The topological polar surface area (TPSA) is 34.1 Å². The lowest BCUT2D eigenvalue weighted by atomic mass is 9.84. The summed E-state index contributed by atoms with van der Waals surface area (Å²) in [6, 6.07) is 11.9. The first-order chi connectivity index (χ1) is 8.31. The Morgan fingerprint density at radius 1 is 1.12 bits per heavy atom. The minimum absolute atomic E-state index is 0.386. The lowest BCUT2D eigenvalue weighted by molar-refractivity contribution is -0.130. The number of hydrogen-bond acceptors (Lipinski definition) is 2. The van der Waals surface area contributed by atoms with E-state index in [4.69, 9.17) is 0 Å². The normalized spacial score (nSPS) is 17.1. The van der Waals surface area contributed by atoms with Crippen LogP contribution < -0.4 is 0 Å². The van der Waals surface area contributed by atoms with Gasteiger partial charge >= 0.3 is 0 Å². The second-order valence-corrected chi connectivity index (χ2v) is 4.15. The van der Waals surface area contributed by atoms with Gasteiger partial charge in [0.25, 0.3) is 0 Å². The van der Waals surface area contributed by atoms with Crippen molar-refractivity contribution in [3.63, 3.8) is 0 Å². The van der Waals surface area contributed by atoms with Crippen LogP contribution in [0.15, 0.2) is 42.5 Å². The van der Waals surface area contributed by atoms with Crippen molar-refractivity contribution in [2.75, 3.05) is 0 Å². The predicted octanol–water partition coefficient (Wildman–Crippen LogP) is 2.72. The highest BCUT2D eigenvalue weighted by Gasteiger charge is 2.22. The summed E-state index contributed by atoms with van der Waals surface area (Å²) in [4.78, 5) is 22.2. The molecule has 0 saturated heterocycles. The maximum Gasteiger partial charge on any atom is 0.206 e. The molecule has 3 rings (SSSR count). The highest BCUT2D eigenvalue weighted by Crippen LogP contribution is 2.34. The van der Waals surface area contributed by atoms with E-state index in [1.165, 1.54) is 0 Å². The van der Waals surface area contributed by atoms with Gasteiger partial charge in [0.05, 0.1) is 5.92 Å². The maximum absolute atomic E-state index is 11.6. The number of ketones is 1. The third-order valence-electron chi connectivity index (χ3n) is 3.20. The Morgan fingerprint density at radius 2 is 1.88 bits per heavy atom. The first-order valence-electron chi connectivity index (χ1n) is 5.50. The van der Waals surface area contributed by atoms with E-state index < -0.39 is 5.92 Å². The van der Waals surface area contributed by atoms with Gasteiger partial charge in [-0.3, -0.25) is 9.59 Å². The number of carbonyl (C=O) groups is 2. The minimum Gasteiger partial charge on any atom is -0.295 e. The SMILES string of the molecule is O=CC(=O)C1C=Cc2cccc3cccc1c23. The third-order valence-corrected chi connectivity index (χ3v) is 3.20. The highest BCUT2D eigenvalue weighted by atomic mass is 16.2. The van der Waals surface area contributed by atoms with Gasteiger partial charge in [-0.25, -0.2) is 0 Å². The fraction of sp³-hybridized carbons (Fsp3) is 0.0667. The van der Waals surface area contributed by atoms with Gasteiger partial charge in [0, 0.05) is 0 Å². The smallest absolute Gasteiger partial charge is 0.206 e. The average molecular weight is 222 g/mol. The zero-order chi connectivity index (χ0) is 11.8. The van der Waals surface area contributed by atoms with Crippen molar-refractivity contribution in [2.45, 2.75) is 5.92 Å². The molecule has 2 heteroatoms. The first kappa shape index (κ1) is 9.97. The van der Waals surface area contributed by atoms with Gasteiger partial charge < -0.3 is 0 Å². The monoisotopic (exact) mass is 222 g/mol. The summed E-state index contributed by atoms with van der Waals surface area (Å²) in [6.07, 6.45) is 4.12. The van der Waals surface area contributed by atoms with Gasteiger partial charge in [-0.05, 0) is 21.9 Å². The molecule has 0 aliphatic heterocycles. The molecule has 0 saturated carbocycles. The molecule has 1 aliphatic carbocycles. The summed E-state index contributed by atoms with van der Waals surface area (Å²) in [5.41, 5.74) is 2.03. The van der Waals surface area contributed by atoms with Crippen LogP contribution in [0.25, 0.3) is 16.8 Å². The van der Waals surface area contributed by atoms with Gasteiger partial charge in [0.15, 0.2) is 6.29 Å². The molecule has 2 aromatic carbocycles. The van der Waals surface area contributed by atoms with Gasteiger partial charge in [0.1, 0.15) is 0 Å². The van der Waals surface area contributed by atoms with Crippen molar-refractivity contribution in [1.29, 1.82) is 0 Å². The molecule has 0 amide bonds. The fourth-order valence-electron chi connectivity index (χ4n) is 2.42. The van der Waals surface area contributed by atoms with Gasteiger partial charge in [-0.1, -0.05) is 48.6 Å². The second-order valence-electron chi connectivity index (χ2n) is 4.15. The molecule has 0 bridgehead atoms. The zero-order valence-electron chi connectivity index (χ0n) is 9.09. The summed E-state index contributed by atoms with van der Waals surface area (Å²) in [5, 5.41) is 2.19. The molecular weight excluding hydrogens is 212 g/mol. The van der Waals surface area contributed by atoms with Crippen LogP contribution in [0.4, 0.5) is 0 Å². The van der Waals surface area contributed by atoms with Crippen LogP contribution in [0.5, 0.6) is 0 Å². The molecule has 0 spiro atoms. The summed E-state index contributed by atoms with van der Waals surface area (Å²) in [6.45, 7) is 0. The molecule has 0 radical (unpaired) electrons. The van der Waals surface area contributed by atoms with E-state index >= 15 is 0 Å². The van der Waals surface area contributed by atoms with Crippen molar-refractivity contribution in [3.8, 4) is 0 Å². The molecular formula is C15H10O2. The van der Waals surface area contributed by atoms with Crippen molar-refractivity contribution in [3.05, 3.63) is 53.6 Å². The number of aldehydes is 1. The first-order valence-corrected chi connectivity index (χ1v) is 5.50. The summed E-state index contributed by atoms with van der Waals surface area (Å²) < 4.78 is 0. The Balaban J connectivity index is 2.34. The molecule has 1 atom stereocenters. The quantitative estimate of drug-likeness (QED) is 0.578. The molecule has 17 heavy (non-hydrogen) atoms. The highest BCUT2D eigenvalue weighted by molar-refractivity contribution is 6.29. The summed E-state index contributed by atoms with van der Waals surface area (Å²) >= 11 is 0. The lowest BCUT2D eigenvalue weighted by Gasteiger charge is -2.18. The fourth-order valence-corrected chi connectivity index (χ4v) is 2.42. The van der Waals surface area contributed by atoms with Crippen molar-refractivity contribution >= 4 is 28.9 Å². The second kappa shape index (κ2) is 3.67. The Morgan fingerprint density at radius 3 is 2.65 bits per heavy atom. The molecule has 82 valence electrons. The average Bonchev–Trinajstić information content (AvgIpc) is 2.39. The van der Waals surface area contributed by atoms with Crippen LogP contribution >= 0.6 is 0 Å². The van der Waals surface area contributed by atoms with Crippen molar-refractivity contribution in [2.24, 2.45) is 0 Å². The summed E-state index contributed by atoms with van der Waals surface area (Å²) in [7, 11) is 0. The van der Waals surface area contributed by atoms with Crippen LogP contribution in [-0.4, -0.2) is 12.1 Å². The molecule has 0 fully saturated rings. The largest absolute Gasteiger partial charge is 0.295 e. The van der Waals surface area contributed by atoms with E-state index in [0.717, 1.165) is 21.9 Å². The molecule has 0 heterocycles. The third kappa shape index (κ3) is 1.41.